The van der Waals surface area contributed by atoms with Crippen LogP contribution in [0.5, 0.6) is 0 Å². The van der Waals surface area contributed by atoms with Gasteiger partial charge in [-0.25, -0.2) is 4.79 Å². The Labute approximate surface area is 294 Å². The van der Waals surface area contributed by atoms with Crippen molar-refractivity contribution in [2.24, 2.45) is 17.3 Å². The molecule has 1 aromatic heterocycles. The van der Waals surface area contributed by atoms with E-state index in [9.17, 15) is 37.8 Å². The summed E-state index contributed by atoms with van der Waals surface area (Å²) in [5.74, 6) is -2.15. The van der Waals surface area contributed by atoms with Gasteiger partial charge in [0.05, 0.1) is 54.6 Å². The monoisotopic (exact) mass is 731 g/mol. The molecule has 3 heterocycles. The van der Waals surface area contributed by atoms with Crippen molar-refractivity contribution < 1.29 is 52.0 Å². The number of rotatable bonds is 8. The van der Waals surface area contributed by atoms with Crippen LogP contribution in [0.4, 0.5) is 18.0 Å². The summed E-state index contributed by atoms with van der Waals surface area (Å²) in [6.45, 7) is 16.7. The lowest BCUT2D eigenvalue weighted by molar-refractivity contribution is -0.154. The average molecular weight is 732 g/mol. The van der Waals surface area contributed by atoms with E-state index in [1.165, 1.54) is 19.9 Å². The van der Waals surface area contributed by atoms with Crippen LogP contribution in [0.2, 0.25) is 25.7 Å². The van der Waals surface area contributed by atoms with Crippen LogP contribution in [0.15, 0.2) is 11.6 Å². The number of esters is 1. The molecule has 2 fully saturated rings. The molecule has 0 spiro atoms. The van der Waals surface area contributed by atoms with Gasteiger partial charge in [0.25, 0.3) is 0 Å². The van der Waals surface area contributed by atoms with Crippen LogP contribution in [0.1, 0.15) is 85.0 Å². The molecule has 2 aliphatic heterocycles. The highest BCUT2D eigenvalue weighted by Crippen LogP contribution is 2.45. The topological polar surface area (TPSA) is 153 Å². The van der Waals surface area contributed by atoms with Gasteiger partial charge >= 0.3 is 18.2 Å². The molecule has 0 radical (unpaired) electrons. The quantitative estimate of drug-likeness (QED) is 0.166. The maximum Gasteiger partial charge on any atom is 0.435 e. The predicted octanol–water partition coefficient (Wildman–Crippen LogP) is 5.99. The lowest BCUT2D eigenvalue weighted by Gasteiger charge is -2.34. The molecule has 11 nitrogen and oxygen atoms in total. The van der Waals surface area contributed by atoms with Crippen molar-refractivity contribution >= 4 is 32.0 Å². The van der Waals surface area contributed by atoms with Gasteiger partial charge in [-0.05, 0) is 56.4 Å². The molecule has 0 bridgehead atoms. The second-order valence-electron chi connectivity index (χ2n) is 16.0. The maximum atomic E-state index is 13.7. The van der Waals surface area contributed by atoms with E-state index in [-0.39, 0.29) is 49.6 Å². The fourth-order valence-electron chi connectivity index (χ4n) is 6.25. The van der Waals surface area contributed by atoms with E-state index < -0.39 is 73.7 Å². The average Bonchev–Trinajstić information content (AvgIpc) is 3.43. The minimum atomic E-state index is -4.73. The number of fused-ring (bicyclic) bond motifs is 1. The first-order valence-corrected chi connectivity index (χ1v) is 21.2. The number of ether oxygens (including phenoxy) is 3. The lowest BCUT2D eigenvalue weighted by Crippen LogP contribution is -2.45. The first-order chi connectivity index (χ1) is 22.9. The van der Waals surface area contributed by atoms with Crippen molar-refractivity contribution in [2.45, 2.75) is 142 Å². The zero-order valence-electron chi connectivity index (χ0n) is 30.9. The summed E-state index contributed by atoms with van der Waals surface area (Å²) in [6, 6.07) is 1.66. The number of nitrogens with zero attached hydrogens (tertiary/aromatic N) is 2. The van der Waals surface area contributed by atoms with E-state index in [4.69, 9.17) is 14.2 Å². The molecule has 1 aromatic rings. The summed E-state index contributed by atoms with van der Waals surface area (Å²) in [7, 11) is -1.42. The largest absolute Gasteiger partial charge is 0.458 e. The second kappa shape index (κ2) is 16.3. The Bertz CT molecular complexity index is 1390. The lowest BCUT2D eigenvalue weighted by atomic mass is 9.73. The number of Topliss-reactive ketones (excluding diaryl/α,β-unsaturated/α-hetero) is 1. The third-order valence-electron chi connectivity index (χ3n) is 10.1. The summed E-state index contributed by atoms with van der Waals surface area (Å²) in [6.07, 6.45) is -5.83. The number of cyclic esters (lactones) is 1. The molecule has 3 rings (SSSR count). The van der Waals surface area contributed by atoms with Crippen LogP contribution in [0.25, 0.3) is 6.08 Å². The van der Waals surface area contributed by atoms with Crippen molar-refractivity contribution in [3.8, 4) is 0 Å². The van der Waals surface area contributed by atoms with E-state index >= 15 is 0 Å². The Morgan fingerprint density at radius 2 is 1.86 bits per heavy atom. The van der Waals surface area contributed by atoms with E-state index in [1.54, 1.807) is 13.8 Å². The number of halogens is 3. The maximum absolute atomic E-state index is 13.7. The third kappa shape index (κ3) is 11.4. The molecule has 2 saturated heterocycles. The Morgan fingerprint density at radius 3 is 2.48 bits per heavy atom. The fraction of sp³-hybridized carbons (Fsp3) is 0.771. The number of alkyl halides is 3. The molecule has 7 atom stereocenters. The number of aliphatic hydroxyl groups excluding tert-OH is 2. The molecule has 50 heavy (non-hydrogen) atoms. The van der Waals surface area contributed by atoms with Gasteiger partial charge in [0.1, 0.15) is 11.9 Å². The Morgan fingerprint density at radius 1 is 1.20 bits per heavy atom. The smallest absolute Gasteiger partial charge is 0.435 e. The standard InChI is InChI=1S/C35H56F3N3O8Si/c1-21-11-10-12-34(6)28(49-34)19-25(48-29(43)20-27(42)33(4,5)31(45)23(3)30(21)44)22(2)17-24-18-26(35(36,37)38)40-41(24)14-13-39-32(46)47-15-16-50(7,8)9/h17-18,21,23,25,27-28,30,42,44H,10-16,19-20H2,1-9H3,(H,39,46)/b22-17+/t21-,23+,25-,27-,28-,30-,34+/m0/s1. The van der Waals surface area contributed by atoms with Crippen LogP contribution in [0, 0.1) is 17.3 Å². The minimum absolute atomic E-state index is 0.0437. The first kappa shape index (κ1) is 41.7. The molecule has 2 aliphatic rings. The number of alkyl carbamates (subject to hydrolysis) is 1. The highest BCUT2D eigenvalue weighted by molar-refractivity contribution is 6.76. The van der Waals surface area contributed by atoms with Gasteiger partial charge in [0, 0.05) is 27.0 Å². The number of ketones is 1. The van der Waals surface area contributed by atoms with Crippen LogP contribution in [0.3, 0.4) is 0 Å². The Hall–Kier alpha value is -2.75. The van der Waals surface area contributed by atoms with E-state index in [1.807, 2.05) is 13.8 Å². The number of hydrogen-bond acceptors (Lipinski definition) is 9. The number of carbonyl (C=O) groups excluding carboxylic acids is 3. The molecule has 3 N–H and O–H groups in total. The Kier molecular flexibility index (Phi) is 13.6. The molecular formula is C35H56F3N3O8Si. The number of aromatic nitrogens is 2. The van der Waals surface area contributed by atoms with Crippen molar-refractivity contribution in [1.82, 2.24) is 15.1 Å². The van der Waals surface area contributed by atoms with Crippen LogP contribution in [-0.2, 0) is 36.5 Å². The van der Waals surface area contributed by atoms with E-state index in [0.717, 1.165) is 16.8 Å². The highest BCUT2D eigenvalue weighted by atomic mass is 28.3. The van der Waals surface area contributed by atoms with Crippen LogP contribution < -0.4 is 5.32 Å². The molecule has 0 aromatic carbocycles. The minimum Gasteiger partial charge on any atom is -0.458 e. The van der Waals surface area contributed by atoms with Gasteiger partial charge in [0.2, 0.25) is 0 Å². The highest BCUT2D eigenvalue weighted by Gasteiger charge is 2.53. The van der Waals surface area contributed by atoms with Gasteiger partial charge in [-0.3, -0.25) is 14.3 Å². The Balaban J connectivity index is 1.85. The van der Waals surface area contributed by atoms with E-state index in [0.29, 0.717) is 24.8 Å². The number of amides is 1. The fourth-order valence-corrected chi connectivity index (χ4v) is 6.96. The second-order valence-corrected chi connectivity index (χ2v) is 21.6. The number of aliphatic hydroxyl groups is 2. The predicted molar refractivity (Wildman–Crippen MR) is 184 cm³/mol. The normalized spacial score (nSPS) is 30.3. The SMILES string of the molecule is C/C(=C\c1cc(C(F)(F)F)nn1CCNC(=O)OCC[Si](C)(C)C)[C@@H]1C[C@@H]2O[C@]2(C)CCC[C@H](C)[C@H](O)[C@@H](C)C(=O)C(C)(C)[C@@H](O)CC(=O)O1. The van der Waals surface area contributed by atoms with Crippen LogP contribution >= 0.6 is 0 Å². The van der Waals surface area contributed by atoms with Crippen molar-refractivity contribution in [3.63, 3.8) is 0 Å². The summed E-state index contributed by atoms with van der Waals surface area (Å²) in [5, 5.41) is 28.3. The molecule has 0 aliphatic carbocycles. The molecule has 15 heteroatoms. The number of epoxide rings is 1. The molecule has 0 unspecified atom stereocenters. The van der Waals surface area contributed by atoms with Gasteiger partial charge in [0.15, 0.2) is 5.69 Å². The van der Waals surface area contributed by atoms with Gasteiger partial charge in [-0.15, -0.1) is 0 Å². The number of nitrogens with one attached hydrogen (secondary N) is 1. The summed E-state index contributed by atoms with van der Waals surface area (Å²) in [5.41, 5.74) is -2.52. The van der Waals surface area contributed by atoms with E-state index in [2.05, 4.69) is 30.1 Å². The summed E-state index contributed by atoms with van der Waals surface area (Å²) >= 11 is 0. The number of carbonyl (C=O) groups is 3. The van der Waals surface area contributed by atoms with Gasteiger partial charge in [-0.1, -0.05) is 53.8 Å². The zero-order valence-corrected chi connectivity index (χ0v) is 31.9. The third-order valence-corrected chi connectivity index (χ3v) is 11.8. The summed E-state index contributed by atoms with van der Waals surface area (Å²) < 4.78 is 59.5. The zero-order chi connectivity index (χ0) is 37.8. The number of hydrogen-bond donors (Lipinski definition) is 3. The van der Waals surface area contributed by atoms with Crippen molar-refractivity contribution in [1.29, 1.82) is 0 Å². The molecule has 0 saturated carbocycles. The molecule has 284 valence electrons. The van der Waals surface area contributed by atoms with Gasteiger partial charge < -0.3 is 29.7 Å². The van der Waals surface area contributed by atoms with Crippen molar-refractivity contribution in [3.05, 3.63) is 23.0 Å². The van der Waals surface area contributed by atoms with Gasteiger partial charge in [-0.2, -0.15) is 18.3 Å². The first-order valence-electron chi connectivity index (χ1n) is 17.5. The summed E-state index contributed by atoms with van der Waals surface area (Å²) in [4.78, 5) is 38.8. The van der Waals surface area contributed by atoms with Crippen LogP contribution in [-0.4, -0.2) is 89.1 Å². The van der Waals surface area contributed by atoms with Crippen molar-refractivity contribution in [2.75, 3.05) is 13.2 Å². The molecular weight excluding hydrogens is 675 g/mol. The molecule has 1 amide bonds.